The summed E-state index contributed by atoms with van der Waals surface area (Å²) in [7, 11) is 3.78. The second-order valence-corrected chi connectivity index (χ2v) is 3.44. The van der Waals surface area contributed by atoms with E-state index in [0.29, 0.717) is 13.2 Å². The summed E-state index contributed by atoms with van der Waals surface area (Å²) >= 11 is 0. The molecular weight excluding hydrogens is 182 g/mol. The van der Waals surface area contributed by atoms with Gasteiger partial charge in [0.25, 0.3) is 0 Å². The Labute approximate surface area is 83.0 Å². The molecule has 0 amide bonds. The standard InChI is InChI=1S/C9H15N3O2/c1-10-8-5-13-6-9(8)14-7-3-11-12(2)4-7/h3-4,8-10H,5-6H2,1-2H3/t8-,9+/m1/s1. The molecule has 0 bridgehead atoms. The summed E-state index contributed by atoms with van der Waals surface area (Å²) in [5.41, 5.74) is 0. The molecule has 5 nitrogen and oxygen atoms in total. The van der Waals surface area contributed by atoms with E-state index in [1.54, 1.807) is 10.9 Å². The van der Waals surface area contributed by atoms with Crippen LogP contribution >= 0.6 is 0 Å². The first-order chi connectivity index (χ1) is 6.79. The molecule has 0 radical (unpaired) electrons. The predicted molar refractivity (Wildman–Crippen MR) is 51.3 cm³/mol. The van der Waals surface area contributed by atoms with Crippen molar-refractivity contribution in [3.8, 4) is 5.75 Å². The van der Waals surface area contributed by atoms with Crippen molar-refractivity contribution in [3.63, 3.8) is 0 Å². The van der Waals surface area contributed by atoms with Crippen molar-refractivity contribution in [2.45, 2.75) is 12.1 Å². The lowest BCUT2D eigenvalue weighted by atomic mass is 10.2. The molecule has 1 aliphatic heterocycles. The van der Waals surface area contributed by atoms with Crippen molar-refractivity contribution in [1.82, 2.24) is 15.1 Å². The average Bonchev–Trinajstić information content (AvgIpc) is 2.76. The Kier molecular flexibility index (Phi) is 2.69. The summed E-state index contributed by atoms with van der Waals surface area (Å²) in [5, 5.41) is 7.20. The fraction of sp³-hybridized carbons (Fsp3) is 0.667. The van der Waals surface area contributed by atoms with Gasteiger partial charge < -0.3 is 14.8 Å². The number of nitrogens with one attached hydrogen (secondary N) is 1. The quantitative estimate of drug-likeness (QED) is 0.728. The van der Waals surface area contributed by atoms with Crippen molar-refractivity contribution in [1.29, 1.82) is 0 Å². The van der Waals surface area contributed by atoms with Gasteiger partial charge in [0.05, 0.1) is 31.6 Å². The minimum Gasteiger partial charge on any atom is -0.483 e. The Morgan fingerprint density at radius 2 is 2.50 bits per heavy atom. The molecule has 0 saturated carbocycles. The van der Waals surface area contributed by atoms with Crippen LogP contribution in [-0.2, 0) is 11.8 Å². The van der Waals surface area contributed by atoms with Crippen LogP contribution in [0.5, 0.6) is 5.75 Å². The summed E-state index contributed by atoms with van der Waals surface area (Å²) < 4.78 is 12.8. The molecule has 5 heteroatoms. The van der Waals surface area contributed by atoms with Gasteiger partial charge in [-0.1, -0.05) is 0 Å². The second-order valence-electron chi connectivity index (χ2n) is 3.44. The summed E-state index contributed by atoms with van der Waals surface area (Å²) in [4.78, 5) is 0. The molecule has 2 rings (SSSR count). The fourth-order valence-electron chi connectivity index (χ4n) is 1.55. The summed E-state index contributed by atoms with van der Waals surface area (Å²) in [6, 6.07) is 0.273. The van der Waals surface area contributed by atoms with Gasteiger partial charge in [-0.15, -0.1) is 0 Å². The third-order valence-corrected chi connectivity index (χ3v) is 2.37. The number of aryl methyl sites for hydroxylation is 1. The maximum atomic E-state index is 5.73. The van der Waals surface area contributed by atoms with Gasteiger partial charge in [0.15, 0.2) is 5.75 Å². The molecule has 78 valence electrons. The van der Waals surface area contributed by atoms with E-state index >= 15 is 0 Å². The zero-order valence-electron chi connectivity index (χ0n) is 8.43. The summed E-state index contributed by atoms with van der Waals surface area (Å²) in [5.74, 6) is 0.795. The van der Waals surface area contributed by atoms with E-state index in [1.165, 1.54) is 0 Å². The zero-order valence-corrected chi connectivity index (χ0v) is 8.43. The topological polar surface area (TPSA) is 48.3 Å². The van der Waals surface area contributed by atoms with Crippen LogP contribution in [0.3, 0.4) is 0 Å². The zero-order chi connectivity index (χ0) is 9.97. The molecule has 0 spiro atoms. The highest BCUT2D eigenvalue weighted by molar-refractivity contribution is 5.12. The van der Waals surface area contributed by atoms with Crippen molar-refractivity contribution in [2.24, 2.45) is 7.05 Å². The van der Waals surface area contributed by atoms with Crippen LogP contribution in [0, 0.1) is 0 Å². The van der Waals surface area contributed by atoms with Crippen molar-refractivity contribution in [2.75, 3.05) is 20.3 Å². The monoisotopic (exact) mass is 197 g/mol. The first kappa shape index (κ1) is 9.48. The third kappa shape index (κ3) is 1.88. The van der Waals surface area contributed by atoms with E-state index in [1.807, 2.05) is 20.3 Å². The van der Waals surface area contributed by atoms with Gasteiger partial charge >= 0.3 is 0 Å². The van der Waals surface area contributed by atoms with Crippen LogP contribution in [0.1, 0.15) is 0 Å². The predicted octanol–water partition coefficient (Wildman–Crippen LogP) is -0.214. The van der Waals surface area contributed by atoms with E-state index in [0.717, 1.165) is 5.75 Å². The number of likely N-dealkylation sites (N-methyl/N-ethyl adjacent to an activating group) is 1. The van der Waals surface area contributed by atoms with Gasteiger partial charge in [0.2, 0.25) is 0 Å². The Balaban J connectivity index is 1.96. The Morgan fingerprint density at radius 1 is 1.64 bits per heavy atom. The van der Waals surface area contributed by atoms with Crippen LogP contribution in [0.15, 0.2) is 12.4 Å². The van der Waals surface area contributed by atoms with Crippen LogP contribution in [0.2, 0.25) is 0 Å². The minimum atomic E-state index is 0.0872. The molecule has 1 aliphatic rings. The number of hydrogen-bond acceptors (Lipinski definition) is 4. The lowest BCUT2D eigenvalue weighted by Gasteiger charge is -2.17. The van der Waals surface area contributed by atoms with Crippen molar-refractivity contribution >= 4 is 0 Å². The summed E-state index contributed by atoms with van der Waals surface area (Å²) in [6.45, 7) is 1.35. The smallest absolute Gasteiger partial charge is 0.157 e. The van der Waals surface area contributed by atoms with Crippen molar-refractivity contribution < 1.29 is 9.47 Å². The first-order valence-electron chi connectivity index (χ1n) is 4.70. The molecule has 1 saturated heterocycles. The van der Waals surface area contributed by atoms with E-state index in [9.17, 15) is 0 Å². The lowest BCUT2D eigenvalue weighted by molar-refractivity contribution is 0.139. The maximum absolute atomic E-state index is 5.73. The number of ether oxygens (including phenoxy) is 2. The highest BCUT2D eigenvalue weighted by Gasteiger charge is 2.28. The van der Waals surface area contributed by atoms with Gasteiger partial charge in [-0.3, -0.25) is 4.68 Å². The maximum Gasteiger partial charge on any atom is 0.157 e. The van der Waals surface area contributed by atoms with Gasteiger partial charge in [0.1, 0.15) is 6.10 Å². The number of aromatic nitrogens is 2. The molecule has 14 heavy (non-hydrogen) atoms. The average molecular weight is 197 g/mol. The Bertz CT molecular complexity index is 300. The molecule has 0 aliphatic carbocycles. The van der Waals surface area contributed by atoms with Crippen LogP contribution in [0.25, 0.3) is 0 Å². The number of nitrogens with zero attached hydrogens (tertiary/aromatic N) is 2. The molecule has 1 N–H and O–H groups in total. The van der Waals surface area contributed by atoms with Crippen LogP contribution in [0.4, 0.5) is 0 Å². The molecule has 2 heterocycles. The first-order valence-corrected chi connectivity index (χ1v) is 4.70. The molecular formula is C9H15N3O2. The number of rotatable bonds is 3. The van der Waals surface area contributed by atoms with E-state index in [4.69, 9.17) is 9.47 Å². The largest absolute Gasteiger partial charge is 0.483 e. The highest BCUT2D eigenvalue weighted by Crippen LogP contribution is 2.15. The molecule has 0 aromatic carbocycles. The Morgan fingerprint density at radius 3 is 3.14 bits per heavy atom. The van der Waals surface area contributed by atoms with E-state index in [-0.39, 0.29) is 12.1 Å². The minimum absolute atomic E-state index is 0.0872. The molecule has 0 unspecified atom stereocenters. The van der Waals surface area contributed by atoms with Gasteiger partial charge in [0, 0.05) is 7.05 Å². The number of hydrogen-bond donors (Lipinski definition) is 1. The molecule has 2 atom stereocenters. The highest BCUT2D eigenvalue weighted by atomic mass is 16.5. The van der Waals surface area contributed by atoms with Gasteiger partial charge in [-0.25, -0.2) is 0 Å². The van der Waals surface area contributed by atoms with Crippen LogP contribution in [-0.4, -0.2) is 42.2 Å². The lowest BCUT2D eigenvalue weighted by Crippen LogP contribution is -2.39. The van der Waals surface area contributed by atoms with Gasteiger partial charge in [-0.05, 0) is 7.05 Å². The van der Waals surface area contributed by atoms with Crippen molar-refractivity contribution in [3.05, 3.63) is 12.4 Å². The molecule has 1 aromatic rings. The normalized spacial score (nSPS) is 26.7. The van der Waals surface area contributed by atoms with Crippen LogP contribution < -0.4 is 10.1 Å². The summed E-state index contributed by atoms with van der Waals surface area (Å²) in [6.07, 6.45) is 3.65. The SMILES string of the molecule is CN[C@@H]1COC[C@@H]1Oc1cnn(C)c1. The second kappa shape index (κ2) is 3.98. The van der Waals surface area contributed by atoms with E-state index in [2.05, 4.69) is 10.4 Å². The van der Waals surface area contributed by atoms with Gasteiger partial charge in [-0.2, -0.15) is 5.10 Å². The van der Waals surface area contributed by atoms with E-state index < -0.39 is 0 Å². The fourth-order valence-corrected chi connectivity index (χ4v) is 1.55. The molecule has 1 fully saturated rings. The molecule has 1 aromatic heterocycles. The Hall–Kier alpha value is -1.07. The third-order valence-electron chi connectivity index (χ3n) is 2.37.